The largest absolute Gasteiger partial charge is 0.368 e. The number of benzene rings is 1. The second-order valence-corrected chi connectivity index (χ2v) is 8.28. The van der Waals surface area contributed by atoms with Crippen LogP contribution in [0.1, 0.15) is 36.9 Å². The van der Waals surface area contributed by atoms with Crippen molar-refractivity contribution in [2.75, 3.05) is 19.7 Å². The molecule has 0 unspecified atom stereocenters. The van der Waals surface area contributed by atoms with E-state index in [9.17, 15) is 4.79 Å². The van der Waals surface area contributed by atoms with Gasteiger partial charge in [-0.3, -0.25) is 9.48 Å². The van der Waals surface area contributed by atoms with Crippen LogP contribution < -0.4 is 0 Å². The van der Waals surface area contributed by atoms with Gasteiger partial charge in [0.2, 0.25) is 5.91 Å². The molecule has 7 nitrogen and oxygen atoms in total. The fourth-order valence-electron chi connectivity index (χ4n) is 4.62. The third-order valence-electron chi connectivity index (χ3n) is 6.34. The molecule has 1 saturated heterocycles. The number of ether oxygens (including phenoxy) is 1. The summed E-state index contributed by atoms with van der Waals surface area (Å²) in [7, 11) is 0. The van der Waals surface area contributed by atoms with Gasteiger partial charge in [-0.25, -0.2) is 9.97 Å². The Morgan fingerprint density at radius 1 is 1.13 bits per heavy atom. The Morgan fingerprint density at radius 2 is 1.97 bits per heavy atom. The van der Waals surface area contributed by atoms with Crippen LogP contribution in [0.25, 0.3) is 11.4 Å². The van der Waals surface area contributed by atoms with E-state index in [-0.39, 0.29) is 5.91 Å². The number of fused-ring (bicyclic) bond motifs is 2. The zero-order chi connectivity index (χ0) is 21.1. The molecule has 0 N–H and O–H groups in total. The topological polar surface area (TPSA) is 73.1 Å². The lowest BCUT2D eigenvalue weighted by Crippen LogP contribution is -2.49. The number of hydrogen-bond donors (Lipinski definition) is 0. The lowest BCUT2D eigenvalue weighted by atomic mass is 9.83. The zero-order valence-corrected chi connectivity index (χ0v) is 17.6. The highest BCUT2D eigenvalue weighted by Crippen LogP contribution is 2.41. The number of carbonyl (C=O) groups excluding carboxylic acids is 1. The van der Waals surface area contributed by atoms with Crippen LogP contribution in [0, 0.1) is 0 Å². The predicted molar refractivity (Wildman–Crippen MR) is 116 cm³/mol. The summed E-state index contributed by atoms with van der Waals surface area (Å²) >= 11 is 0. The second-order valence-electron chi connectivity index (χ2n) is 8.28. The van der Waals surface area contributed by atoms with E-state index in [0.717, 1.165) is 49.3 Å². The number of amides is 1. The van der Waals surface area contributed by atoms with Crippen LogP contribution in [0.4, 0.5) is 0 Å². The van der Waals surface area contributed by atoms with Crippen LogP contribution in [0.3, 0.4) is 0 Å². The molecule has 160 valence electrons. The van der Waals surface area contributed by atoms with Gasteiger partial charge in [-0.15, -0.1) is 0 Å². The van der Waals surface area contributed by atoms with E-state index >= 15 is 0 Å². The lowest BCUT2D eigenvalue weighted by Gasteiger charge is -2.44. The monoisotopic (exact) mass is 417 g/mol. The van der Waals surface area contributed by atoms with Crippen molar-refractivity contribution in [2.24, 2.45) is 0 Å². The summed E-state index contributed by atoms with van der Waals surface area (Å²) in [6, 6.07) is 12.0. The highest BCUT2D eigenvalue weighted by atomic mass is 16.5. The summed E-state index contributed by atoms with van der Waals surface area (Å²) in [5.41, 5.74) is 2.78. The third-order valence-corrected chi connectivity index (χ3v) is 6.34. The maximum atomic E-state index is 12.7. The van der Waals surface area contributed by atoms with Gasteiger partial charge in [0.05, 0.1) is 12.3 Å². The molecule has 3 aromatic rings. The predicted octanol–water partition coefficient (Wildman–Crippen LogP) is 3.21. The average Bonchev–Trinajstić information content (AvgIpc) is 3.34. The minimum atomic E-state index is -0.411. The van der Waals surface area contributed by atoms with Crippen LogP contribution in [0.15, 0.2) is 55.0 Å². The number of aryl methyl sites for hydroxylation is 1. The second kappa shape index (κ2) is 8.59. The van der Waals surface area contributed by atoms with E-state index in [1.807, 2.05) is 58.4 Å². The van der Waals surface area contributed by atoms with Crippen molar-refractivity contribution in [3.05, 3.63) is 66.2 Å². The molecule has 0 radical (unpaired) electrons. The van der Waals surface area contributed by atoms with E-state index in [2.05, 4.69) is 10.1 Å². The Kier molecular flexibility index (Phi) is 5.51. The summed E-state index contributed by atoms with van der Waals surface area (Å²) in [5, 5.41) is 4.20. The van der Waals surface area contributed by atoms with Gasteiger partial charge in [0, 0.05) is 50.2 Å². The van der Waals surface area contributed by atoms with Crippen LogP contribution in [-0.4, -0.2) is 50.3 Å². The molecule has 7 heteroatoms. The number of likely N-dealkylation sites (tertiary alicyclic amines) is 1. The van der Waals surface area contributed by atoms with Crippen molar-refractivity contribution in [1.82, 2.24) is 24.6 Å². The van der Waals surface area contributed by atoms with Gasteiger partial charge in [-0.1, -0.05) is 30.3 Å². The number of carbonyl (C=O) groups is 1. The SMILES string of the molecule is O=C(CCCn1cccn1)N1CCC2(CC1)OCCc1cnc(-c3ccccc3)nc12. The summed E-state index contributed by atoms with van der Waals surface area (Å²) in [5.74, 6) is 0.951. The third kappa shape index (κ3) is 4.10. The first-order valence-corrected chi connectivity index (χ1v) is 11.0. The Bertz CT molecular complexity index is 1030. The molecule has 2 aliphatic rings. The number of nitrogens with zero attached hydrogens (tertiary/aromatic N) is 5. The first kappa shape index (κ1) is 19.9. The number of aromatic nitrogens is 4. The molecule has 0 aliphatic carbocycles. The van der Waals surface area contributed by atoms with E-state index in [4.69, 9.17) is 9.72 Å². The highest BCUT2D eigenvalue weighted by Gasteiger charge is 2.43. The van der Waals surface area contributed by atoms with Crippen LogP contribution >= 0.6 is 0 Å². The van der Waals surface area contributed by atoms with Gasteiger partial charge >= 0.3 is 0 Å². The molecule has 1 spiro atoms. The highest BCUT2D eigenvalue weighted by molar-refractivity contribution is 5.76. The van der Waals surface area contributed by atoms with E-state index in [1.165, 1.54) is 5.56 Å². The molecule has 2 aromatic heterocycles. The van der Waals surface area contributed by atoms with Crippen molar-refractivity contribution in [3.8, 4) is 11.4 Å². The van der Waals surface area contributed by atoms with Crippen molar-refractivity contribution in [1.29, 1.82) is 0 Å². The summed E-state index contributed by atoms with van der Waals surface area (Å²) in [4.78, 5) is 24.2. The molecule has 1 fully saturated rings. The van der Waals surface area contributed by atoms with Gasteiger partial charge in [0.1, 0.15) is 5.60 Å². The molecular weight excluding hydrogens is 390 g/mol. The molecule has 1 aromatic carbocycles. The average molecular weight is 418 g/mol. The first-order chi connectivity index (χ1) is 15.2. The summed E-state index contributed by atoms with van der Waals surface area (Å²) in [6.07, 6.45) is 9.38. The molecule has 4 heterocycles. The van der Waals surface area contributed by atoms with Crippen LogP contribution in [-0.2, 0) is 28.1 Å². The van der Waals surface area contributed by atoms with Crippen molar-refractivity contribution in [2.45, 2.75) is 44.2 Å². The van der Waals surface area contributed by atoms with Crippen LogP contribution in [0.5, 0.6) is 0 Å². The Balaban J connectivity index is 1.26. The molecule has 31 heavy (non-hydrogen) atoms. The van der Waals surface area contributed by atoms with E-state index < -0.39 is 5.60 Å². The van der Waals surface area contributed by atoms with Crippen molar-refractivity contribution < 1.29 is 9.53 Å². The van der Waals surface area contributed by atoms with Gasteiger partial charge < -0.3 is 9.64 Å². The smallest absolute Gasteiger partial charge is 0.222 e. The first-order valence-electron chi connectivity index (χ1n) is 11.0. The molecule has 0 saturated carbocycles. The lowest BCUT2D eigenvalue weighted by molar-refractivity contribution is -0.141. The minimum absolute atomic E-state index is 0.214. The molecule has 0 bridgehead atoms. The quantitative estimate of drug-likeness (QED) is 0.637. The van der Waals surface area contributed by atoms with Crippen LogP contribution in [0.2, 0.25) is 0 Å². The number of rotatable bonds is 5. The fraction of sp³-hybridized carbons (Fsp3) is 0.417. The van der Waals surface area contributed by atoms with Gasteiger partial charge in [-0.05, 0) is 37.3 Å². The fourth-order valence-corrected chi connectivity index (χ4v) is 4.62. The Labute approximate surface area is 182 Å². The maximum absolute atomic E-state index is 12.7. The zero-order valence-electron chi connectivity index (χ0n) is 17.6. The minimum Gasteiger partial charge on any atom is -0.368 e. The molecule has 1 amide bonds. The number of piperidine rings is 1. The normalized spacial score (nSPS) is 17.5. The van der Waals surface area contributed by atoms with Gasteiger partial charge in [-0.2, -0.15) is 5.10 Å². The Hall–Kier alpha value is -3.06. The molecule has 5 rings (SSSR count). The summed E-state index contributed by atoms with van der Waals surface area (Å²) < 4.78 is 8.21. The standard InChI is InChI=1S/C24H27N5O2/c30-21(8-4-13-29-14-5-12-26-29)28-15-10-24(11-16-28)22-20(9-17-31-24)18-25-23(27-22)19-6-2-1-3-7-19/h1-3,5-7,12,14,18H,4,8-11,13,15-17H2. The summed E-state index contributed by atoms with van der Waals surface area (Å²) in [6.45, 7) is 2.85. The molecule has 2 aliphatic heterocycles. The maximum Gasteiger partial charge on any atom is 0.222 e. The van der Waals surface area contributed by atoms with E-state index in [0.29, 0.717) is 26.1 Å². The number of hydrogen-bond acceptors (Lipinski definition) is 5. The van der Waals surface area contributed by atoms with E-state index in [1.54, 1.807) is 6.20 Å². The molecule has 0 atom stereocenters. The Morgan fingerprint density at radius 3 is 2.74 bits per heavy atom. The van der Waals surface area contributed by atoms with Gasteiger partial charge in [0.15, 0.2) is 5.82 Å². The van der Waals surface area contributed by atoms with Gasteiger partial charge in [0.25, 0.3) is 0 Å². The van der Waals surface area contributed by atoms with Crippen molar-refractivity contribution in [3.63, 3.8) is 0 Å². The van der Waals surface area contributed by atoms with Crippen molar-refractivity contribution >= 4 is 5.91 Å². The molecular formula is C24H27N5O2.